The summed E-state index contributed by atoms with van der Waals surface area (Å²) in [4.78, 5) is 0. The van der Waals surface area contributed by atoms with Crippen LogP contribution < -0.4 is 0 Å². The van der Waals surface area contributed by atoms with Gasteiger partial charge in [-0.3, -0.25) is 0 Å². The summed E-state index contributed by atoms with van der Waals surface area (Å²) in [6.45, 7) is 7.16. The second-order valence-electron chi connectivity index (χ2n) is 5.51. The van der Waals surface area contributed by atoms with Crippen molar-refractivity contribution in [1.82, 2.24) is 0 Å². The fourth-order valence-corrected chi connectivity index (χ4v) is 3.43. The third-order valence-electron chi connectivity index (χ3n) is 3.72. The number of ether oxygens (including phenoxy) is 5. The summed E-state index contributed by atoms with van der Waals surface area (Å²) >= 11 is 0. The van der Waals surface area contributed by atoms with Crippen LogP contribution in [0.2, 0.25) is 12.6 Å². The second-order valence-corrected chi connectivity index (χ2v) is 9.10. The molecule has 138 valence electrons. The molecule has 0 spiro atoms. The van der Waals surface area contributed by atoms with Crippen LogP contribution in [0.25, 0.3) is 0 Å². The third kappa shape index (κ3) is 10.4. The maximum absolute atomic E-state index is 5.75. The van der Waals surface area contributed by atoms with E-state index in [2.05, 4.69) is 6.55 Å². The van der Waals surface area contributed by atoms with Crippen LogP contribution in [0.1, 0.15) is 6.42 Å². The van der Waals surface area contributed by atoms with Crippen molar-refractivity contribution in [3.8, 4) is 0 Å². The lowest BCUT2D eigenvalue weighted by Gasteiger charge is -2.23. The lowest BCUT2D eigenvalue weighted by atomic mass is 10.4. The molecule has 0 N–H and O–H groups in total. The van der Waals surface area contributed by atoms with E-state index in [9.17, 15) is 0 Å². The number of hydrogen-bond acceptors (Lipinski definition) is 7. The van der Waals surface area contributed by atoms with Crippen LogP contribution in [0, 0.1) is 0 Å². The average Bonchev–Trinajstić information content (AvgIpc) is 2.56. The lowest BCUT2D eigenvalue weighted by Crippen LogP contribution is -2.36. The SMILES string of the molecule is CO[Si](C)(CCCOCC1COCCOCCOCCO1)OC. The fraction of sp³-hybridized carbons (Fsp3) is 1.00. The summed E-state index contributed by atoms with van der Waals surface area (Å²) < 4.78 is 38.7. The van der Waals surface area contributed by atoms with Gasteiger partial charge in [-0.05, 0) is 19.0 Å². The fourth-order valence-electron chi connectivity index (χ4n) is 2.07. The minimum absolute atomic E-state index is 0.0773. The molecule has 0 aliphatic carbocycles. The van der Waals surface area contributed by atoms with Gasteiger partial charge in [0.15, 0.2) is 0 Å². The maximum Gasteiger partial charge on any atom is 0.334 e. The molecule has 0 bridgehead atoms. The first-order valence-corrected chi connectivity index (χ1v) is 10.8. The Bertz CT molecular complexity index is 265. The van der Waals surface area contributed by atoms with E-state index in [1.807, 2.05) is 0 Å². The molecule has 0 aromatic rings. The van der Waals surface area contributed by atoms with E-state index in [0.29, 0.717) is 59.5 Å². The van der Waals surface area contributed by atoms with Gasteiger partial charge in [-0.2, -0.15) is 0 Å². The number of hydrogen-bond donors (Lipinski definition) is 0. The molecule has 1 aliphatic heterocycles. The molecule has 0 radical (unpaired) electrons. The van der Waals surface area contributed by atoms with E-state index < -0.39 is 8.56 Å². The van der Waals surface area contributed by atoms with Gasteiger partial charge >= 0.3 is 8.56 Å². The summed E-state index contributed by atoms with van der Waals surface area (Å²) in [6, 6.07) is 0.910. The summed E-state index contributed by atoms with van der Waals surface area (Å²) in [5, 5.41) is 0. The monoisotopic (exact) mass is 352 g/mol. The van der Waals surface area contributed by atoms with Crippen molar-refractivity contribution in [3.63, 3.8) is 0 Å². The van der Waals surface area contributed by atoms with Gasteiger partial charge in [0.2, 0.25) is 0 Å². The van der Waals surface area contributed by atoms with Crippen molar-refractivity contribution in [2.24, 2.45) is 0 Å². The Balaban J connectivity index is 2.16. The minimum atomic E-state index is -1.99. The zero-order valence-corrected chi connectivity index (χ0v) is 15.7. The predicted molar refractivity (Wildman–Crippen MR) is 88.1 cm³/mol. The molecule has 0 aromatic heterocycles. The highest BCUT2D eigenvalue weighted by Gasteiger charge is 2.27. The molecule has 1 saturated heterocycles. The van der Waals surface area contributed by atoms with E-state index in [1.54, 1.807) is 14.2 Å². The van der Waals surface area contributed by atoms with Gasteiger partial charge in [-0.1, -0.05) is 0 Å². The summed E-state index contributed by atoms with van der Waals surface area (Å²) in [6.07, 6.45) is 0.834. The zero-order valence-electron chi connectivity index (χ0n) is 14.7. The van der Waals surface area contributed by atoms with Gasteiger partial charge < -0.3 is 32.5 Å². The summed E-state index contributed by atoms with van der Waals surface area (Å²) in [7, 11) is 1.42. The predicted octanol–water partition coefficient (Wildman–Crippen LogP) is 1.21. The quantitative estimate of drug-likeness (QED) is 0.480. The van der Waals surface area contributed by atoms with Gasteiger partial charge in [0.25, 0.3) is 0 Å². The average molecular weight is 353 g/mol. The molecule has 0 saturated carbocycles. The van der Waals surface area contributed by atoms with Gasteiger partial charge in [0, 0.05) is 20.8 Å². The maximum atomic E-state index is 5.75. The van der Waals surface area contributed by atoms with Crippen molar-refractivity contribution in [1.29, 1.82) is 0 Å². The molecular formula is C15H32O7Si. The van der Waals surface area contributed by atoms with E-state index in [0.717, 1.165) is 12.5 Å². The zero-order chi connectivity index (χ0) is 16.8. The third-order valence-corrected chi connectivity index (χ3v) is 6.70. The summed E-state index contributed by atoms with van der Waals surface area (Å²) in [5.74, 6) is 0. The van der Waals surface area contributed by atoms with Crippen LogP contribution in [0.5, 0.6) is 0 Å². The second kappa shape index (κ2) is 13.3. The molecule has 23 heavy (non-hydrogen) atoms. The Morgan fingerprint density at radius 1 is 0.913 bits per heavy atom. The van der Waals surface area contributed by atoms with Crippen molar-refractivity contribution in [3.05, 3.63) is 0 Å². The van der Waals surface area contributed by atoms with E-state index >= 15 is 0 Å². The highest BCUT2D eigenvalue weighted by molar-refractivity contribution is 6.65. The standard InChI is InChI=1S/C15H32O7Si/c1-16-23(3,17-2)12-4-5-20-13-15-14-21-9-8-18-6-7-19-10-11-22-15/h15H,4-14H2,1-3H3. The largest absolute Gasteiger partial charge is 0.398 e. The topological polar surface area (TPSA) is 64.6 Å². The summed E-state index contributed by atoms with van der Waals surface area (Å²) in [5.41, 5.74) is 0. The first-order chi connectivity index (χ1) is 11.2. The van der Waals surface area contributed by atoms with Gasteiger partial charge in [-0.15, -0.1) is 0 Å². The molecule has 8 heteroatoms. The smallest absolute Gasteiger partial charge is 0.334 e. The van der Waals surface area contributed by atoms with Crippen molar-refractivity contribution in [2.75, 3.05) is 73.7 Å². The Morgan fingerprint density at radius 2 is 1.52 bits per heavy atom. The van der Waals surface area contributed by atoms with Crippen LogP contribution in [0.3, 0.4) is 0 Å². The van der Waals surface area contributed by atoms with Crippen molar-refractivity contribution < 1.29 is 32.5 Å². The Kier molecular flexibility index (Phi) is 12.1. The van der Waals surface area contributed by atoms with Crippen molar-refractivity contribution >= 4 is 8.56 Å². The van der Waals surface area contributed by atoms with Crippen LogP contribution >= 0.6 is 0 Å². The normalized spacial score (nSPS) is 22.3. The van der Waals surface area contributed by atoms with Gasteiger partial charge in [-0.25, -0.2) is 0 Å². The first kappa shape index (κ1) is 21.0. The van der Waals surface area contributed by atoms with Crippen LogP contribution in [0.15, 0.2) is 0 Å². The van der Waals surface area contributed by atoms with Gasteiger partial charge in [0.1, 0.15) is 6.10 Å². The molecular weight excluding hydrogens is 320 g/mol. The van der Waals surface area contributed by atoms with Crippen molar-refractivity contribution in [2.45, 2.75) is 25.1 Å². The highest BCUT2D eigenvalue weighted by Crippen LogP contribution is 2.13. The van der Waals surface area contributed by atoms with E-state index in [4.69, 9.17) is 32.5 Å². The van der Waals surface area contributed by atoms with Gasteiger partial charge in [0.05, 0.1) is 52.9 Å². The molecule has 1 fully saturated rings. The molecule has 0 amide bonds. The minimum Gasteiger partial charge on any atom is -0.398 e. The molecule has 1 atom stereocenters. The molecule has 1 heterocycles. The molecule has 1 rings (SSSR count). The van der Waals surface area contributed by atoms with E-state index in [-0.39, 0.29) is 6.10 Å². The molecule has 1 aliphatic rings. The molecule has 0 aromatic carbocycles. The Morgan fingerprint density at radius 3 is 2.17 bits per heavy atom. The molecule has 7 nitrogen and oxygen atoms in total. The Labute approximate surface area is 140 Å². The lowest BCUT2D eigenvalue weighted by molar-refractivity contribution is -0.0901. The highest BCUT2D eigenvalue weighted by atomic mass is 28.4. The Hall–Kier alpha value is -0.0631. The van der Waals surface area contributed by atoms with Crippen LogP contribution in [0.4, 0.5) is 0 Å². The molecule has 1 unspecified atom stereocenters. The van der Waals surface area contributed by atoms with E-state index in [1.165, 1.54) is 0 Å². The van der Waals surface area contributed by atoms with Crippen LogP contribution in [-0.4, -0.2) is 88.3 Å². The number of rotatable bonds is 8. The van der Waals surface area contributed by atoms with Crippen LogP contribution in [-0.2, 0) is 32.5 Å². The first-order valence-electron chi connectivity index (χ1n) is 8.23.